The summed E-state index contributed by atoms with van der Waals surface area (Å²) >= 11 is 0. The van der Waals surface area contributed by atoms with Crippen LogP contribution in [0.4, 0.5) is 0 Å². The molecule has 15 saturated carbocycles. The minimum absolute atomic E-state index is 0.0185. The third kappa shape index (κ3) is 17.8. The Bertz CT molecular complexity index is 3400. The molecule has 4 heterocycles. The number of carbonyl (C=O) groups is 8. The zero-order valence-electron chi connectivity index (χ0n) is 73.0. The van der Waals surface area contributed by atoms with E-state index in [9.17, 15) is 53.7 Å². The fraction of sp³-hybridized carbons (Fsp3) is 0.913. The Morgan fingerprint density at radius 3 is 1.30 bits per heavy atom. The molecule has 3 N–H and O–H groups in total. The average molecular weight is 1570 g/mol. The molecule has 19 rings (SSSR count). The normalized spacial score (nSPS) is 40.3. The van der Waals surface area contributed by atoms with Crippen LogP contribution in [0.5, 0.6) is 0 Å². The van der Waals surface area contributed by atoms with Gasteiger partial charge < -0.3 is 58.0 Å². The van der Waals surface area contributed by atoms with Gasteiger partial charge in [-0.25, -0.2) is 0 Å². The summed E-state index contributed by atoms with van der Waals surface area (Å²) < 4.78 is 51.4. The molecule has 0 amide bonds. The van der Waals surface area contributed by atoms with Crippen LogP contribution < -0.4 is 0 Å². The molecule has 0 radical (unpaired) electrons. The Hall–Kier alpha value is -4.40. The summed E-state index contributed by atoms with van der Waals surface area (Å²) in [5, 5.41) is 32.0. The topological polar surface area (TPSA) is 280 Å². The van der Waals surface area contributed by atoms with Gasteiger partial charge in [0.1, 0.15) is 40.7 Å². The Balaban J connectivity index is 0.000000133. The number of esters is 8. The molecule has 0 aromatic carbocycles. The predicted octanol–water partition coefficient (Wildman–Crippen LogP) is 16.9. The van der Waals surface area contributed by atoms with Gasteiger partial charge in [-0.2, -0.15) is 0 Å². The second kappa shape index (κ2) is 31.7. The maximum Gasteiger partial charge on any atom is 0.312 e. The first-order valence-corrected chi connectivity index (χ1v) is 44.4. The van der Waals surface area contributed by atoms with Gasteiger partial charge in [0.2, 0.25) is 0 Å². The molecule has 15 atom stereocenters. The van der Waals surface area contributed by atoms with Crippen molar-refractivity contribution in [3.05, 3.63) is 0 Å². The second-order valence-corrected chi connectivity index (χ2v) is 43.9. The number of hydrogen-bond acceptors (Lipinski definition) is 20. The van der Waals surface area contributed by atoms with E-state index < -0.39 is 56.3 Å². The second-order valence-electron chi connectivity index (χ2n) is 43.9. The quantitative estimate of drug-likeness (QED) is 0.0800. The Morgan fingerprint density at radius 1 is 0.420 bits per heavy atom. The Labute approximate surface area is 671 Å². The lowest BCUT2D eigenvalue weighted by molar-refractivity contribution is -0.264. The molecule has 20 nitrogen and oxygen atoms in total. The highest BCUT2D eigenvalue weighted by Crippen LogP contribution is 2.64. The molecule has 4 saturated heterocycles. The fourth-order valence-corrected chi connectivity index (χ4v) is 23.5. The Kier molecular flexibility index (Phi) is 25.0. The summed E-state index contributed by atoms with van der Waals surface area (Å²) in [6.07, 6.45) is 26.9. The zero-order chi connectivity index (χ0) is 82.7. The van der Waals surface area contributed by atoms with Crippen molar-refractivity contribution in [3.8, 4) is 0 Å². The summed E-state index contributed by atoms with van der Waals surface area (Å²) in [4.78, 5) is 97.0. The van der Waals surface area contributed by atoms with Crippen LogP contribution in [-0.2, 0) is 81.0 Å². The van der Waals surface area contributed by atoms with Crippen LogP contribution in [0, 0.1) is 109 Å². The first kappa shape index (κ1) is 88.4. The summed E-state index contributed by atoms with van der Waals surface area (Å²) in [6, 6.07) is 0. The van der Waals surface area contributed by atoms with Gasteiger partial charge in [-0.1, -0.05) is 67.7 Å². The molecule has 0 aromatic rings. The number of ether oxygens (including phenoxy) is 9. The van der Waals surface area contributed by atoms with Gasteiger partial charge in [-0.05, 0) is 305 Å². The summed E-state index contributed by atoms with van der Waals surface area (Å²) in [5.74, 6) is 4.76. The van der Waals surface area contributed by atoms with Gasteiger partial charge in [-0.3, -0.25) is 38.4 Å². The van der Waals surface area contributed by atoms with Crippen molar-refractivity contribution >= 4 is 47.8 Å². The van der Waals surface area contributed by atoms with Gasteiger partial charge in [0.25, 0.3) is 0 Å². The summed E-state index contributed by atoms with van der Waals surface area (Å²) in [7, 11) is 0. The van der Waals surface area contributed by atoms with E-state index in [1.807, 2.05) is 118 Å². The van der Waals surface area contributed by atoms with Crippen molar-refractivity contribution in [3.63, 3.8) is 0 Å². The lowest BCUT2D eigenvalue weighted by Crippen LogP contribution is -2.67. The van der Waals surface area contributed by atoms with Crippen molar-refractivity contribution in [2.24, 2.45) is 109 Å². The molecule has 19 fully saturated rings. The maximum atomic E-state index is 12.5. The van der Waals surface area contributed by atoms with Crippen LogP contribution in [-0.4, -0.2) is 139 Å². The Morgan fingerprint density at radius 2 is 0.830 bits per heavy atom. The van der Waals surface area contributed by atoms with Crippen molar-refractivity contribution in [1.82, 2.24) is 0 Å². The van der Waals surface area contributed by atoms with Crippen LogP contribution in [0.15, 0.2) is 0 Å². The van der Waals surface area contributed by atoms with E-state index in [-0.39, 0.29) is 129 Å². The molecule has 0 aromatic heterocycles. The number of carbonyl (C=O) groups excluding carboxylic acids is 8. The van der Waals surface area contributed by atoms with Crippen molar-refractivity contribution in [2.75, 3.05) is 0 Å². The largest absolute Gasteiger partial charge is 0.459 e. The molecule has 0 spiro atoms. The minimum Gasteiger partial charge on any atom is -0.459 e. The van der Waals surface area contributed by atoms with Crippen molar-refractivity contribution < 1.29 is 96.3 Å². The van der Waals surface area contributed by atoms with Crippen LogP contribution in [0.3, 0.4) is 0 Å². The minimum atomic E-state index is -0.842. The van der Waals surface area contributed by atoms with Crippen LogP contribution in [0.25, 0.3) is 0 Å². The molecular formula is C92H148O20. The smallest absolute Gasteiger partial charge is 0.312 e. The van der Waals surface area contributed by atoms with Crippen LogP contribution >= 0.6 is 0 Å². The summed E-state index contributed by atoms with van der Waals surface area (Å²) in [5.41, 5.74) is -6.30. The molecule has 15 unspecified atom stereocenters. The third-order valence-electron chi connectivity index (χ3n) is 32.4. The fourth-order valence-electron chi connectivity index (χ4n) is 23.5. The van der Waals surface area contributed by atoms with E-state index in [0.29, 0.717) is 74.0 Å². The molecular weight excluding hydrogens is 1420 g/mol. The SMILES string of the molecule is CCC(C)(C)C(=O)OC(C)(C)C1CCCCC1.CCC(C)(C)C(=O)OC1(C)C2CC3CC(C2)CC1C3.CCC(C)(C)C(=O)OC12CC3CC(CC(O)(C3)C1)C2.CCC(C)(C)C(=O)OC12CC3CC(O)(CC(O)(C3)C1)C2.CCC(C)(C)C(=O)OC1C2CC3C(=O)OC1C3O2.CCC(C)(C)C(=O)OC1C2CC3C1OC(=O)C3C2C. The number of aliphatic hydroxyl groups is 3. The molecule has 20 heteroatoms. The van der Waals surface area contributed by atoms with Gasteiger partial charge in [0.05, 0.1) is 67.2 Å². The van der Waals surface area contributed by atoms with Gasteiger partial charge in [0, 0.05) is 37.5 Å². The maximum absolute atomic E-state index is 12.5. The third-order valence-corrected chi connectivity index (χ3v) is 32.4. The molecule has 4 aliphatic heterocycles. The average Bonchev–Trinajstić information content (AvgIpc) is 1.24. The highest BCUT2D eigenvalue weighted by Gasteiger charge is 2.69. The number of fused-ring (bicyclic) bond motifs is 2. The van der Waals surface area contributed by atoms with Crippen molar-refractivity contribution in [1.29, 1.82) is 0 Å². The van der Waals surface area contributed by atoms with Gasteiger partial charge >= 0.3 is 47.8 Å². The molecule has 112 heavy (non-hydrogen) atoms. The van der Waals surface area contributed by atoms with Crippen LogP contribution in [0.1, 0.15) is 345 Å². The lowest BCUT2D eigenvalue weighted by atomic mass is 9.50. The van der Waals surface area contributed by atoms with E-state index in [1.165, 1.54) is 70.6 Å². The number of hydrogen-bond donors (Lipinski definition) is 3. The highest BCUT2D eigenvalue weighted by atomic mass is 16.7. The van der Waals surface area contributed by atoms with E-state index in [4.69, 9.17) is 42.6 Å². The molecule has 636 valence electrons. The van der Waals surface area contributed by atoms with Crippen LogP contribution in [0.2, 0.25) is 0 Å². The molecule has 16 bridgehead atoms. The van der Waals surface area contributed by atoms with E-state index in [1.54, 1.807) is 0 Å². The van der Waals surface area contributed by atoms with Gasteiger partial charge in [0.15, 0.2) is 12.2 Å². The van der Waals surface area contributed by atoms with E-state index in [0.717, 1.165) is 95.3 Å². The monoisotopic (exact) mass is 1570 g/mol. The molecule has 15 aliphatic carbocycles. The van der Waals surface area contributed by atoms with E-state index >= 15 is 0 Å². The first-order chi connectivity index (χ1) is 51.8. The standard InChI is InChI=1S/C17H28O2.C16H26O4.C16H26O3.C15H22O4.C15H28O2.C13H18O5/c1-5-16(2,3)15(18)19-17(4)13-7-11-6-12(9-13)10-14(17)8-11;1-4-13(2,3)12(17)20-16-7-11-5-14(18,9-16)8-15(19,6-11)10-16;1-4-14(2,3)13(17)19-16-8-11-5-12(9-16)7-15(18,6-11)10-16;1-5-15(3,4)14(17)19-11-8-6-9-10(7(8)2)13(16)18-12(9)11;1-6-14(2,3)13(16)17-15(4,5)12-10-8-7-9-11-12;1-4-13(2,3)12(15)18-9-7-5-6-8(16-7)10(9)17-11(6)14/h11-14H,5-10H2,1-4H3;11,18-19H,4-10H2,1-3H3;11-12,18H,4-10H2,1-3H3;7-12H,5-6H2,1-4H3;12H,6-11H2,1-5H3;6-10H,4-5H2,1-3H3. The highest BCUT2D eigenvalue weighted by molar-refractivity contribution is 5.81. The first-order valence-electron chi connectivity index (χ1n) is 44.4. The van der Waals surface area contributed by atoms with Gasteiger partial charge in [-0.15, -0.1) is 0 Å². The zero-order valence-corrected chi connectivity index (χ0v) is 73.0. The summed E-state index contributed by atoms with van der Waals surface area (Å²) in [6.45, 7) is 43.6. The van der Waals surface area contributed by atoms with E-state index in [2.05, 4.69) is 34.6 Å². The molecule has 19 aliphatic rings. The van der Waals surface area contributed by atoms with Crippen molar-refractivity contribution in [2.45, 2.75) is 421 Å². The number of rotatable bonds is 19. The predicted molar refractivity (Wildman–Crippen MR) is 422 cm³/mol. The lowest BCUT2D eigenvalue weighted by Gasteiger charge is -2.62.